The van der Waals surface area contributed by atoms with Crippen LogP contribution in [0.1, 0.15) is 0 Å². The Kier molecular flexibility index (Phi) is 6.54. The van der Waals surface area contributed by atoms with Gasteiger partial charge in [0.05, 0.1) is 0 Å². The summed E-state index contributed by atoms with van der Waals surface area (Å²) in [5, 5.41) is 0. The Balaban J connectivity index is 1.84. The van der Waals surface area contributed by atoms with Crippen LogP contribution < -0.4 is 0 Å². The fourth-order valence-corrected chi connectivity index (χ4v) is 2.61. The molecule has 2 aliphatic heterocycles. The monoisotopic (exact) mass is 404 g/mol. The summed E-state index contributed by atoms with van der Waals surface area (Å²) in [6, 6.07) is 0. The zero-order valence-corrected chi connectivity index (χ0v) is 14.0. The van der Waals surface area contributed by atoms with E-state index in [0.717, 1.165) is 24.3 Å². The van der Waals surface area contributed by atoms with Gasteiger partial charge in [-0.1, -0.05) is 0 Å². The molecule has 0 aromatic rings. The number of carbonyl (C=O) groups is 6. The summed E-state index contributed by atoms with van der Waals surface area (Å²) in [4.78, 5) is 67.4. The van der Waals surface area contributed by atoms with Crippen LogP contribution in [0.2, 0.25) is 0 Å². The highest BCUT2D eigenvalue weighted by molar-refractivity contribution is 7.44. The van der Waals surface area contributed by atoms with E-state index in [1.807, 2.05) is 0 Å². The summed E-state index contributed by atoms with van der Waals surface area (Å²) >= 11 is 0. The quantitative estimate of drug-likeness (QED) is 0.470. The molecule has 0 aliphatic carbocycles. The molecule has 0 amide bonds. The highest BCUT2D eigenvalue weighted by Gasteiger charge is 2.29. The molecule has 12 nitrogen and oxygen atoms in total. The summed E-state index contributed by atoms with van der Waals surface area (Å²) in [7, 11) is -5.27. The van der Waals surface area contributed by atoms with Gasteiger partial charge in [-0.15, -0.1) is 0 Å². The summed E-state index contributed by atoms with van der Waals surface area (Å²) in [6.45, 7) is 0. The van der Waals surface area contributed by atoms with Crippen LogP contribution in [0.25, 0.3) is 0 Å². The van der Waals surface area contributed by atoms with Crippen molar-refractivity contribution in [1.29, 1.82) is 0 Å². The van der Waals surface area contributed by atoms with Crippen LogP contribution in [0.4, 0.5) is 0 Å². The lowest BCUT2D eigenvalue weighted by Gasteiger charge is -2.10. The summed E-state index contributed by atoms with van der Waals surface area (Å²) in [5.41, 5.74) is 0. The molecule has 0 bridgehead atoms. The fourth-order valence-electron chi connectivity index (χ4n) is 1.14. The third-order valence-corrected chi connectivity index (χ3v) is 4.03. The molecule has 0 saturated carbocycles. The van der Waals surface area contributed by atoms with Gasteiger partial charge < -0.3 is 27.1 Å². The fraction of sp³-hybridized carbons (Fsp3) is 0. The molecule has 0 aromatic heterocycles. The van der Waals surface area contributed by atoms with Crippen molar-refractivity contribution in [3.8, 4) is 0 Å². The largest absolute Gasteiger partial charge is 0.537 e. The first kappa shape index (κ1) is 19.2. The van der Waals surface area contributed by atoms with E-state index in [2.05, 4.69) is 27.1 Å². The molecule has 14 heteroatoms. The van der Waals surface area contributed by atoms with Crippen molar-refractivity contribution in [3.63, 3.8) is 0 Å². The minimum atomic E-state index is -2.64. The van der Waals surface area contributed by atoms with Gasteiger partial charge in [0.2, 0.25) is 0 Å². The second-order valence-electron chi connectivity index (χ2n) is 3.91. The number of rotatable bonds is 4. The van der Waals surface area contributed by atoms with Gasteiger partial charge in [-0.2, -0.15) is 0 Å². The Bertz CT molecular complexity index is 649. The van der Waals surface area contributed by atoms with Gasteiger partial charge in [-0.25, -0.2) is 28.8 Å². The topological polar surface area (TPSA) is 158 Å². The van der Waals surface area contributed by atoms with Gasteiger partial charge >= 0.3 is 53.0 Å². The number of carbonyl (C=O) groups excluding carboxylic acids is 6. The van der Waals surface area contributed by atoms with E-state index in [-0.39, 0.29) is 0 Å². The smallest absolute Gasteiger partial charge is 0.372 e. The molecule has 0 atom stereocenters. The second kappa shape index (κ2) is 8.84. The van der Waals surface area contributed by atoms with E-state index in [9.17, 15) is 28.8 Å². The van der Waals surface area contributed by atoms with Crippen LogP contribution in [-0.2, 0) is 55.9 Å². The van der Waals surface area contributed by atoms with Gasteiger partial charge in [-0.3, -0.25) is 0 Å². The minimum absolute atomic E-state index is 0.555. The third kappa shape index (κ3) is 6.42. The Morgan fingerprint density at radius 3 is 1.19 bits per heavy atom. The summed E-state index contributed by atoms with van der Waals surface area (Å²) in [6.07, 6.45) is 4.21. The van der Waals surface area contributed by atoms with Gasteiger partial charge in [0, 0.05) is 36.5 Å². The molecule has 0 radical (unpaired) electrons. The van der Waals surface area contributed by atoms with Crippen LogP contribution in [-0.4, -0.2) is 35.8 Å². The van der Waals surface area contributed by atoms with E-state index in [1.165, 1.54) is 0 Å². The average molecular weight is 404 g/mol. The zero-order chi connectivity index (χ0) is 19.1. The standard InChI is InChI=1S/C12H6O12P2/c13-7-1-2-8(14)20-25(19-7)23-11(17)5-6-12(18)24-26-21-9(15)3-4-10(16)22-26/h1-6H/b6-5-. The number of hydrogen-bond acceptors (Lipinski definition) is 12. The normalized spacial score (nSPS) is 18.3. The van der Waals surface area contributed by atoms with Crippen molar-refractivity contribution in [1.82, 2.24) is 0 Å². The molecule has 0 saturated heterocycles. The van der Waals surface area contributed by atoms with E-state index in [4.69, 9.17) is 0 Å². The van der Waals surface area contributed by atoms with E-state index in [0.29, 0.717) is 12.2 Å². The molecule has 136 valence electrons. The van der Waals surface area contributed by atoms with Crippen LogP contribution in [0.3, 0.4) is 0 Å². The van der Waals surface area contributed by atoms with Crippen molar-refractivity contribution >= 4 is 53.0 Å². The SMILES string of the molecule is O=C1C=CC(=O)OP(OC(=O)/C=C\C(=O)OP2OC(=O)C=CC(=O)O2)O1. The van der Waals surface area contributed by atoms with Gasteiger partial charge in [-0.05, 0) is 0 Å². The Hall–Kier alpha value is -3.10. The number of hydrogen-bond donors (Lipinski definition) is 0. The third-order valence-electron chi connectivity index (χ3n) is 2.05. The molecule has 0 fully saturated rings. The molecule has 0 aromatic carbocycles. The van der Waals surface area contributed by atoms with Gasteiger partial charge in [0.25, 0.3) is 0 Å². The van der Waals surface area contributed by atoms with Crippen LogP contribution >= 0.6 is 17.2 Å². The first-order chi connectivity index (χ1) is 12.3. The molecule has 2 aliphatic rings. The Labute approximate surface area is 146 Å². The second-order valence-corrected chi connectivity index (χ2v) is 5.90. The predicted molar refractivity (Wildman–Crippen MR) is 77.8 cm³/mol. The van der Waals surface area contributed by atoms with E-state index in [1.54, 1.807) is 0 Å². The van der Waals surface area contributed by atoms with Crippen molar-refractivity contribution in [3.05, 3.63) is 36.5 Å². The van der Waals surface area contributed by atoms with Crippen molar-refractivity contribution in [2.45, 2.75) is 0 Å². The molecular formula is C12H6O12P2. The van der Waals surface area contributed by atoms with E-state index < -0.39 is 53.0 Å². The molecule has 2 rings (SSSR count). The Morgan fingerprint density at radius 1 is 0.654 bits per heavy atom. The first-order valence-electron chi connectivity index (χ1n) is 6.28. The first-order valence-corrected chi connectivity index (χ1v) is 8.47. The van der Waals surface area contributed by atoms with Crippen LogP contribution in [0.15, 0.2) is 36.5 Å². The van der Waals surface area contributed by atoms with Crippen molar-refractivity contribution in [2.75, 3.05) is 0 Å². The van der Waals surface area contributed by atoms with Crippen molar-refractivity contribution < 1.29 is 55.9 Å². The predicted octanol–water partition coefficient (Wildman–Crippen LogP) is 0.395. The maximum absolute atomic E-state index is 11.5. The maximum Gasteiger partial charge on any atom is 0.537 e. The minimum Gasteiger partial charge on any atom is -0.372 e. The molecule has 2 heterocycles. The van der Waals surface area contributed by atoms with Crippen LogP contribution in [0, 0.1) is 0 Å². The highest BCUT2D eigenvalue weighted by Crippen LogP contribution is 2.42. The molecule has 0 N–H and O–H groups in total. The Morgan fingerprint density at radius 2 is 0.923 bits per heavy atom. The highest BCUT2D eigenvalue weighted by atomic mass is 31.2. The molecule has 0 spiro atoms. The van der Waals surface area contributed by atoms with E-state index >= 15 is 0 Å². The van der Waals surface area contributed by atoms with Crippen LogP contribution in [0.5, 0.6) is 0 Å². The summed E-state index contributed by atoms with van der Waals surface area (Å²) in [5.74, 6) is -6.28. The average Bonchev–Trinajstić information content (AvgIpc) is 2.81. The lowest BCUT2D eigenvalue weighted by Crippen LogP contribution is -2.06. The maximum atomic E-state index is 11.5. The molecule has 0 unspecified atom stereocenters. The van der Waals surface area contributed by atoms with Gasteiger partial charge in [0.1, 0.15) is 0 Å². The van der Waals surface area contributed by atoms with Crippen molar-refractivity contribution in [2.24, 2.45) is 0 Å². The molecule has 26 heavy (non-hydrogen) atoms. The zero-order valence-electron chi connectivity index (χ0n) is 12.3. The lowest BCUT2D eigenvalue weighted by atomic mass is 10.5. The molecular weight excluding hydrogens is 398 g/mol. The summed E-state index contributed by atoms with van der Waals surface area (Å²) < 4.78 is 27.1. The van der Waals surface area contributed by atoms with Gasteiger partial charge in [0.15, 0.2) is 0 Å². The lowest BCUT2D eigenvalue weighted by molar-refractivity contribution is -0.139.